The van der Waals surface area contributed by atoms with E-state index in [1.807, 2.05) is 0 Å². The van der Waals surface area contributed by atoms with Crippen molar-refractivity contribution in [1.82, 2.24) is 4.90 Å². The Morgan fingerprint density at radius 2 is 2.17 bits per heavy atom. The van der Waals surface area contributed by atoms with Crippen molar-refractivity contribution in [2.24, 2.45) is 11.8 Å². The number of hydrogen-bond donors (Lipinski definition) is 0. The third-order valence-electron chi connectivity index (χ3n) is 4.78. The van der Waals surface area contributed by atoms with E-state index in [0.717, 1.165) is 23.4 Å². The molecule has 3 aliphatic rings. The molecule has 0 aromatic heterocycles. The highest BCUT2D eigenvalue weighted by atomic mass is 15.4. The summed E-state index contributed by atoms with van der Waals surface area (Å²) in [7, 11) is 2.35. The van der Waals surface area contributed by atoms with Gasteiger partial charge in [0.2, 0.25) is 0 Å². The van der Waals surface area contributed by atoms with Crippen molar-refractivity contribution in [3.8, 4) is 0 Å². The summed E-state index contributed by atoms with van der Waals surface area (Å²) in [6.07, 6.45) is 7.52. The molecule has 68 valence electrons. The Hall–Kier alpha value is -0.0400. The Morgan fingerprint density at radius 3 is 3.00 bits per heavy atom. The number of likely N-dealkylation sites (tertiary alicyclic amines) is 1. The summed E-state index contributed by atoms with van der Waals surface area (Å²) in [5.74, 6) is 2.06. The maximum absolute atomic E-state index is 2.67. The van der Waals surface area contributed by atoms with Crippen LogP contribution in [0.3, 0.4) is 0 Å². The lowest BCUT2D eigenvalue weighted by Gasteiger charge is -2.27. The lowest BCUT2D eigenvalue weighted by atomic mass is 9.76. The Kier molecular flexibility index (Phi) is 1.27. The minimum absolute atomic E-state index is 0.729. The maximum atomic E-state index is 2.67. The molecule has 1 nitrogen and oxygen atoms in total. The van der Waals surface area contributed by atoms with E-state index in [9.17, 15) is 0 Å². The van der Waals surface area contributed by atoms with Crippen molar-refractivity contribution in [2.75, 3.05) is 7.05 Å². The van der Waals surface area contributed by atoms with Crippen molar-refractivity contribution in [3.63, 3.8) is 0 Å². The molecule has 0 aromatic rings. The van der Waals surface area contributed by atoms with Crippen LogP contribution in [0.25, 0.3) is 0 Å². The molecule has 0 aromatic carbocycles. The molecule has 0 N–H and O–H groups in total. The number of rotatable bonds is 0. The van der Waals surface area contributed by atoms with Gasteiger partial charge in [0.1, 0.15) is 0 Å². The van der Waals surface area contributed by atoms with E-state index < -0.39 is 0 Å². The van der Waals surface area contributed by atoms with Crippen LogP contribution in [-0.4, -0.2) is 23.5 Å². The fourth-order valence-corrected chi connectivity index (χ4v) is 4.20. The van der Waals surface area contributed by atoms with E-state index in [1.165, 1.54) is 32.1 Å². The van der Waals surface area contributed by atoms with Crippen LogP contribution in [0, 0.1) is 11.8 Å². The largest absolute Gasteiger partial charge is 0.294 e. The van der Waals surface area contributed by atoms with Crippen LogP contribution in [-0.2, 0) is 0 Å². The molecule has 2 saturated carbocycles. The fourth-order valence-electron chi connectivity index (χ4n) is 4.20. The van der Waals surface area contributed by atoms with Crippen LogP contribution < -0.4 is 0 Å². The number of nitrogens with zero attached hydrogens (tertiary/aromatic N) is 1. The van der Waals surface area contributed by atoms with Gasteiger partial charge in [0.05, 0.1) is 0 Å². The summed E-state index contributed by atoms with van der Waals surface area (Å²) in [5.41, 5.74) is 0.729. The topological polar surface area (TPSA) is 3.01 Å². The molecule has 1 heterocycles. The Bertz CT molecular complexity index is 213. The molecule has 5 unspecified atom stereocenters. The normalized spacial score (nSPS) is 62.5. The quantitative estimate of drug-likeness (QED) is 0.498. The molecule has 0 bridgehead atoms. The third-order valence-corrected chi connectivity index (χ3v) is 4.78. The molecule has 0 radical (unpaired) electrons. The molecular weight excluding hydrogens is 146 g/mol. The average Bonchev–Trinajstić information content (AvgIpc) is 2.47. The van der Waals surface area contributed by atoms with E-state index in [-0.39, 0.29) is 0 Å². The number of likely N-dealkylation sites (N-methyl/N-ethyl adjacent to an activating group) is 1. The van der Waals surface area contributed by atoms with Gasteiger partial charge in [-0.1, -0.05) is 13.3 Å². The summed E-state index contributed by atoms with van der Waals surface area (Å²) in [5, 5.41) is 0. The first-order chi connectivity index (χ1) is 5.75. The molecule has 1 spiro atoms. The molecule has 3 rings (SSSR count). The highest BCUT2D eigenvalue weighted by Crippen LogP contribution is 2.61. The van der Waals surface area contributed by atoms with Crippen molar-refractivity contribution >= 4 is 0 Å². The molecule has 0 amide bonds. The zero-order valence-corrected chi connectivity index (χ0v) is 8.21. The van der Waals surface area contributed by atoms with Gasteiger partial charge < -0.3 is 0 Å². The van der Waals surface area contributed by atoms with E-state index in [4.69, 9.17) is 0 Å². The lowest BCUT2D eigenvalue weighted by Crippen LogP contribution is -2.29. The molecule has 12 heavy (non-hydrogen) atoms. The highest BCUT2D eigenvalue weighted by Gasteiger charge is 2.67. The van der Waals surface area contributed by atoms with Gasteiger partial charge in [-0.25, -0.2) is 0 Å². The van der Waals surface area contributed by atoms with Crippen molar-refractivity contribution < 1.29 is 0 Å². The molecule has 2 aliphatic carbocycles. The van der Waals surface area contributed by atoms with Crippen LogP contribution in [0.2, 0.25) is 0 Å². The van der Waals surface area contributed by atoms with Crippen LogP contribution in [0.15, 0.2) is 0 Å². The summed E-state index contributed by atoms with van der Waals surface area (Å²) >= 11 is 0. The van der Waals surface area contributed by atoms with Crippen molar-refractivity contribution in [1.29, 1.82) is 0 Å². The Morgan fingerprint density at radius 1 is 1.33 bits per heavy atom. The molecule has 1 aliphatic heterocycles. The monoisotopic (exact) mass is 165 g/mol. The summed E-state index contributed by atoms with van der Waals surface area (Å²) in [4.78, 5) is 2.67. The van der Waals surface area contributed by atoms with E-state index >= 15 is 0 Å². The fraction of sp³-hybridized carbons (Fsp3) is 1.00. The molecule has 3 fully saturated rings. The van der Waals surface area contributed by atoms with Crippen molar-refractivity contribution in [3.05, 3.63) is 0 Å². The minimum Gasteiger partial charge on any atom is -0.294 e. The maximum Gasteiger partial charge on any atom is 0.0393 e. The summed E-state index contributed by atoms with van der Waals surface area (Å²) in [6.45, 7) is 2.44. The van der Waals surface area contributed by atoms with Crippen molar-refractivity contribution in [2.45, 2.75) is 50.6 Å². The molecular formula is C11H19N. The highest BCUT2D eigenvalue weighted by molar-refractivity contribution is 5.23. The SMILES string of the molecule is CC1CC2CCCC23C(C1)N3C. The second kappa shape index (κ2) is 2.06. The zero-order valence-electron chi connectivity index (χ0n) is 8.21. The predicted octanol–water partition coefficient (Wildman–Crippen LogP) is 2.27. The van der Waals surface area contributed by atoms with Crippen LogP contribution >= 0.6 is 0 Å². The second-order valence-corrected chi connectivity index (χ2v) is 5.28. The van der Waals surface area contributed by atoms with Gasteiger partial charge in [0.15, 0.2) is 0 Å². The Labute approximate surface area is 75.1 Å². The number of hydrogen-bond acceptors (Lipinski definition) is 1. The third kappa shape index (κ3) is 0.654. The summed E-state index contributed by atoms with van der Waals surface area (Å²) in [6, 6.07) is 0.980. The molecule has 1 heteroatoms. The first kappa shape index (κ1) is 7.37. The van der Waals surface area contributed by atoms with Crippen LogP contribution in [0.4, 0.5) is 0 Å². The zero-order chi connectivity index (χ0) is 8.34. The smallest absolute Gasteiger partial charge is 0.0393 e. The first-order valence-electron chi connectivity index (χ1n) is 5.48. The van der Waals surface area contributed by atoms with Gasteiger partial charge in [-0.3, -0.25) is 4.90 Å². The lowest BCUT2D eigenvalue weighted by molar-refractivity contribution is 0.272. The van der Waals surface area contributed by atoms with Gasteiger partial charge in [-0.05, 0) is 44.6 Å². The standard InChI is InChI=1S/C11H19N/c1-8-6-9-4-3-5-11(9)10(7-8)12(11)2/h8-10H,3-7H2,1-2H3. The first-order valence-corrected chi connectivity index (χ1v) is 5.48. The van der Waals surface area contributed by atoms with Crippen LogP contribution in [0.5, 0.6) is 0 Å². The minimum atomic E-state index is 0.729. The van der Waals surface area contributed by atoms with E-state index in [0.29, 0.717) is 0 Å². The molecule has 5 atom stereocenters. The van der Waals surface area contributed by atoms with Gasteiger partial charge in [-0.2, -0.15) is 0 Å². The average molecular weight is 165 g/mol. The van der Waals surface area contributed by atoms with Gasteiger partial charge in [0.25, 0.3) is 0 Å². The predicted molar refractivity (Wildman–Crippen MR) is 50.0 cm³/mol. The van der Waals surface area contributed by atoms with Gasteiger partial charge in [-0.15, -0.1) is 0 Å². The second-order valence-electron chi connectivity index (χ2n) is 5.28. The van der Waals surface area contributed by atoms with Crippen LogP contribution in [0.1, 0.15) is 39.0 Å². The van der Waals surface area contributed by atoms with Gasteiger partial charge >= 0.3 is 0 Å². The summed E-state index contributed by atoms with van der Waals surface area (Å²) < 4.78 is 0. The van der Waals surface area contributed by atoms with E-state index in [2.05, 4.69) is 18.9 Å². The molecule has 1 saturated heterocycles. The Balaban J connectivity index is 1.90. The van der Waals surface area contributed by atoms with E-state index in [1.54, 1.807) is 0 Å². The van der Waals surface area contributed by atoms with Gasteiger partial charge in [0, 0.05) is 11.6 Å².